The SMILES string of the molecule is NCCCCCC(=O)Nc1ccccc1OC(F)(F)F. The summed E-state index contributed by atoms with van der Waals surface area (Å²) in [5, 5.41) is 2.41. The lowest BCUT2D eigenvalue weighted by molar-refractivity contribution is -0.274. The molecule has 112 valence electrons. The summed E-state index contributed by atoms with van der Waals surface area (Å²) < 4.78 is 40.4. The monoisotopic (exact) mass is 290 g/mol. The summed E-state index contributed by atoms with van der Waals surface area (Å²) in [5.41, 5.74) is 5.33. The lowest BCUT2D eigenvalue weighted by Gasteiger charge is -2.13. The van der Waals surface area contributed by atoms with Gasteiger partial charge in [0.2, 0.25) is 5.91 Å². The maximum absolute atomic E-state index is 12.2. The van der Waals surface area contributed by atoms with E-state index in [1.54, 1.807) is 0 Å². The van der Waals surface area contributed by atoms with Crippen LogP contribution in [0.3, 0.4) is 0 Å². The molecule has 0 spiro atoms. The van der Waals surface area contributed by atoms with Crippen LogP contribution in [0, 0.1) is 0 Å². The Morgan fingerprint density at radius 3 is 2.55 bits per heavy atom. The average molecular weight is 290 g/mol. The first-order valence-corrected chi connectivity index (χ1v) is 6.27. The Labute approximate surface area is 115 Å². The molecule has 0 bridgehead atoms. The molecule has 0 aliphatic rings. The first-order valence-electron chi connectivity index (χ1n) is 6.27. The minimum absolute atomic E-state index is 0.00801. The number of unbranched alkanes of at least 4 members (excludes halogenated alkanes) is 2. The van der Waals surface area contributed by atoms with Gasteiger partial charge in [-0.1, -0.05) is 18.6 Å². The number of halogens is 3. The Kier molecular flexibility index (Phi) is 6.30. The molecule has 0 fully saturated rings. The van der Waals surface area contributed by atoms with Crippen molar-refractivity contribution in [2.45, 2.75) is 32.0 Å². The molecule has 0 unspecified atom stereocenters. The van der Waals surface area contributed by atoms with Crippen LogP contribution < -0.4 is 15.8 Å². The number of rotatable bonds is 7. The molecule has 0 aromatic heterocycles. The molecule has 0 radical (unpaired) electrons. The minimum Gasteiger partial charge on any atom is -0.404 e. The van der Waals surface area contributed by atoms with E-state index >= 15 is 0 Å². The Morgan fingerprint density at radius 2 is 1.90 bits per heavy atom. The van der Waals surface area contributed by atoms with Crippen molar-refractivity contribution in [3.63, 3.8) is 0 Å². The zero-order valence-corrected chi connectivity index (χ0v) is 10.9. The first-order chi connectivity index (χ1) is 9.42. The number of hydrogen-bond acceptors (Lipinski definition) is 3. The van der Waals surface area contributed by atoms with E-state index in [1.165, 1.54) is 18.2 Å². The van der Waals surface area contributed by atoms with Gasteiger partial charge in [0.1, 0.15) is 0 Å². The van der Waals surface area contributed by atoms with Crippen LogP contribution in [0.1, 0.15) is 25.7 Å². The molecule has 1 rings (SSSR count). The number of nitrogens with two attached hydrogens (primary N) is 1. The van der Waals surface area contributed by atoms with Gasteiger partial charge in [-0.25, -0.2) is 0 Å². The highest BCUT2D eigenvalue weighted by molar-refractivity contribution is 5.92. The first kappa shape index (κ1) is 16.3. The molecule has 4 nitrogen and oxygen atoms in total. The molecule has 0 atom stereocenters. The van der Waals surface area contributed by atoms with Gasteiger partial charge in [0.25, 0.3) is 0 Å². The summed E-state index contributed by atoms with van der Waals surface area (Å²) in [4.78, 5) is 11.6. The molecule has 1 aromatic carbocycles. The Hall–Kier alpha value is -1.76. The second kappa shape index (κ2) is 7.74. The van der Waals surface area contributed by atoms with Crippen LogP contribution in [0.15, 0.2) is 24.3 Å². The van der Waals surface area contributed by atoms with Crippen LogP contribution in [0.5, 0.6) is 5.75 Å². The van der Waals surface area contributed by atoms with E-state index in [0.717, 1.165) is 18.9 Å². The summed E-state index contributed by atoms with van der Waals surface area (Å²) >= 11 is 0. The smallest absolute Gasteiger partial charge is 0.404 e. The number of anilines is 1. The van der Waals surface area contributed by atoms with Gasteiger partial charge >= 0.3 is 6.36 Å². The Morgan fingerprint density at radius 1 is 1.20 bits per heavy atom. The Balaban J connectivity index is 2.56. The number of amides is 1. The quantitative estimate of drug-likeness (QED) is 0.759. The fraction of sp³-hybridized carbons (Fsp3) is 0.462. The predicted octanol–water partition coefficient (Wildman–Crippen LogP) is 3.04. The number of nitrogens with one attached hydrogen (secondary N) is 1. The molecule has 0 heterocycles. The van der Waals surface area contributed by atoms with E-state index in [-0.39, 0.29) is 18.0 Å². The standard InChI is InChI=1S/C13H17F3N2O2/c14-13(15,16)20-11-7-4-3-6-10(11)18-12(19)8-2-1-5-9-17/h3-4,6-7H,1-2,5,8-9,17H2,(H,18,19). The van der Waals surface area contributed by atoms with E-state index in [4.69, 9.17) is 5.73 Å². The van der Waals surface area contributed by atoms with E-state index in [0.29, 0.717) is 13.0 Å². The number of carbonyl (C=O) groups is 1. The second-order valence-electron chi connectivity index (χ2n) is 4.19. The van der Waals surface area contributed by atoms with Gasteiger partial charge in [-0.2, -0.15) is 0 Å². The topological polar surface area (TPSA) is 64.4 Å². The minimum atomic E-state index is -4.79. The summed E-state index contributed by atoms with van der Waals surface area (Å²) in [6.45, 7) is 0.559. The molecule has 20 heavy (non-hydrogen) atoms. The lowest BCUT2D eigenvalue weighted by atomic mass is 10.2. The third-order valence-electron chi connectivity index (χ3n) is 2.49. The predicted molar refractivity (Wildman–Crippen MR) is 69.3 cm³/mol. The third-order valence-corrected chi connectivity index (χ3v) is 2.49. The van der Waals surface area contributed by atoms with Crippen LogP contribution in [0.2, 0.25) is 0 Å². The number of para-hydroxylation sites is 2. The van der Waals surface area contributed by atoms with Gasteiger partial charge in [0, 0.05) is 6.42 Å². The van der Waals surface area contributed by atoms with Crippen molar-refractivity contribution in [1.29, 1.82) is 0 Å². The highest BCUT2D eigenvalue weighted by Crippen LogP contribution is 2.29. The largest absolute Gasteiger partial charge is 0.573 e. The number of carbonyl (C=O) groups excluding carboxylic acids is 1. The van der Waals surface area contributed by atoms with Crippen molar-refractivity contribution >= 4 is 11.6 Å². The molecule has 7 heteroatoms. The summed E-state index contributed by atoms with van der Waals surface area (Å²) in [6, 6.07) is 5.43. The van der Waals surface area contributed by atoms with E-state index in [2.05, 4.69) is 10.1 Å². The highest BCUT2D eigenvalue weighted by atomic mass is 19.4. The van der Waals surface area contributed by atoms with Gasteiger partial charge in [-0.05, 0) is 31.5 Å². The summed E-state index contributed by atoms with van der Waals surface area (Å²) in [5.74, 6) is -0.768. The molecule has 0 aliphatic heterocycles. The van der Waals surface area contributed by atoms with Crippen molar-refractivity contribution in [1.82, 2.24) is 0 Å². The van der Waals surface area contributed by atoms with Crippen LogP contribution in [-0.4, -0.2) is 18.8 Å². The Bertz CT molecular complexity index is 436. The average Bonchev–Trinajstić information content (AvgIpc) is 2.35. The van der Waals surface area contributed by atoms with Gasteiger partial charge in [-0.15, -0.1) is 13.2 Å². The molecule has 1 amide bonds. The fourth-order valence-corrected chi connectivity index (χ4v) is 1.60. The normalized spacial score (nSPS) is 11.2. The number of hydrogen-bond donors (Lipinski definition) is 2. The number of benzene rings is 1. The second-order valence-corrected chi connectivity index (χ2v) is 4.19. The third kappa shape index (κ3) is 6.42. The molecule has 0 aliphatic carbocycles. The van der Waals surface area contributed by atoms with Crippen LogP contribution in [0.4, 0.5) is 18.9 Å². The fourth-order valence-electron chi connectivity index (χ4n) is 1.60. The summed E-state index contributed by atoms with van der Waals surface area (Å²) in [6.07, 6.45) is -2.28. The molecular formula is C13H17F3N2O2. The van der Waals surface area contributed by atoms with Gasteiger partial charge in [0.15, 0.2) is 5.75 Å². The van der Waals surface area contributed by atoms with E-state index < -0.39 is 12.1 Å². The maximum Gasteiger partial charge on any atom is 0.573 e. The van der Waals surface area contributed by atoms with E-state index in [1.807, 2.05) is 0 Å². The van der Waals surface area contributed by atoms with Crippen molar-refractivity contribution in [2.24, 2.45) is 5.73 Å². The van der Waals surface area contributed by atoms with Crippen LogP contribution in [-0.2, 0) is 4.79 Å². The van der Waals surface area contributed by atoms with Crippen molar-refractivity contribution < 1.29 is 22.7 Å². The lowest BCUT2D eigenvalue weighted by Crippen LogP contribution is -2.19. The zero-order valence-electron chi connectivity index (χ0n) is 10.9. The zero-order chi connectivity index (χ0) is 15.0. The summed E-state index contributed by atoms with van der Waals surface area (Å²) in [7, 11) is 0. The highest BCUT2D eigenvalue weighted by Gasteiger charge is 2.32. The van der Waals surface area contributed by atoms with Gasteiger partial charge < -0.3 is 15.8 Å². The molecular weight excluding hydrogens is 273 g/mol. The molecule has 1 aromatic rings. The van der Waals surface area contributed by atoms with Crippen molar-refractivity contribution in [3.8, 4) is 5.75 Å². The van der Waals surface area contributed by atoms with Crippen molar-refractivity contribution in [2.75, 3.05) is 11.9 Å². The van der Waals surface area contributed by atoms with E-state index in [9.17, 15) is 18.0 Å². The maximum atomic E-state index is 12.2. The van der Waals surface area contributed by atoms with Gasteiger partial charge in [-0.3, -0.25) is 4.79 Å². The molecule has 0 saturated carbocycles. The molecule has 3 N–H and O–H groups in total. The number of ether oxygens (including phenoxy) is 1. The van der Waals surface area contributed by atoms with Gasteiger partial charge in [0.05, 0.1) is 5.69 Å². The number of alkyl halides is 3. The molecule has 0 saturated heterocycles. The van der Waals surface area contributed by atoms with Crippen LogP contribution in [0.25, 0.3) is 0 Å². The van der Waals surface area contributed by atoms with Crippen LogP contribution >= 0.6 is 0 Å². The van der Waals surface area contributed by atoms with Crippen molar-refractivity contribution in [3.05, 3.63) is 24.3 Å².